The van der Waals surface area contributed by atoms with Crippen molar-refractivity contribution >= 4 is 15.9 Å². The molecule has 19 heavy (non-hydrogen) atoms. The molecule has 1 atom stereocenters. The fourth-order valence-corrected chi connectivity index (χ4v) is 2.39. The standard InChI is InChI=1S/C16H20BrNO/c1-3-14-9-10-15(19-14)11-18-16(4-2)12-5-7-13(17)8-6-12/h5-10,16,18H,3-4,11H2,1-2H3. The number of aryl methyl sites for hydroxylation is 1. The smallest absolute Gasteiger partial charge is 0.117 e. The van der Waals surface area contributed by atoms with Crippen LogP contribution in [0.15, 0.2) is 45.3 Å². The molecule has 2 rings (SSSR count). The lowest BCUT2D eigenvalue weighted by atomic mass is 10.0. The monoisotopic (exact) mass is 321 g/mol. The molecule has 3 heteroatoms. The van der Waals surface area contributed by atoms with Gasteiger partial charge in [-0.1, -0.05) is 41.9 Å². The van der Waals surface area contributed by atoms with E-state index in [2.05, 4.69) is 71.5 Å². The summed E-state index contributed by atoms with van der Waals surface area (Å²) in [7, 11) is 0. The highest BCUT2D eigenvalue weighted by Gasteiger charge is 2.09. The van der Waals surface area contributed by atoms with E-state index in [0.29, 0.717) is 6.04 Å². The van der Waals surface area contributed by atoms with Crippen molar-refractivity contribution in [3.05, 3.63) is 58.0 Å². The van der Waals surface area contributed by atoms with E-state index in [1.165, 1.54) is 5.56 Å². The van der Waals surface area contributed by atoms with Crippen molar-refractivity contribution in [1.29, 1.82) is 0 Å². The summed E-state index contributed by atoms with van der Waals surface area (Å²) in [6.45, 7) is 5.07. The molecule has 0 bridgehead atoms. The lowest BCUT2D eigenvalue weighted by molar-refractivity contribution is 0.423. The Balaban J connectivity index is 1.97. The van der Waals surface area contributed by atoms with Gasteiger partial charge in [-0.2, -0.15) is 0 Å². The molecular weight excluding hydrogens is 302 g/mol. The molecule has 0 saturated carbocycles. The minimum Gasteiger partial charge on any atom is -0.465 e. The first-order chi connectivity index (χ1) is 9.22. The Labute approximate surface area is 123 Å². The molecule has 1 unspecified atom stereocenters. The SMILES string of the molecule is CCc1ccc(CNC(CC)c2ccc(Br)cc2)o1. The van der Waals surface area contributed by atoms with Gasteiger partial charge in [-0.05, 0) is 36.2 Å². The molecule has 0 aliphatic rings. The molecule has 102 valence electrons. The molecule has 1 aromatic heterocycles. The molecule has 2 aromatic rings. The van der Waals surface area contributed by atoms with Gasteiger partial charge in [-0.25, -0.2) is 0 Å². The predicted octanol–water partition coefficient (Wildman–Crippen LogP) is 4.85. The van der Waals surface area contributed by atoms with Crippen molar-refractivity contribution in [2.75, 3.05) is 0 Å². The van der Waals surface area contributed by atoms with E-state index in [9.17, 15) is 0 Å². The topological polar surface area (TPSA) is 25.2 Å². The van der Waals surface area contributed by atoms with Crippen LogP contribution in [0.4, 0.5) is 0 Å². The van der Waals surface area contributed by atoms with E-state index in [1.807, 2.05) is 0 Å². The largest absolute Gasteiger partial charge is 0.465 e. The van der Waals surface area contributed by atoms with Crippen molar-refractivity contribution in [2.24, 2.45) is 0 Å². The van der Waals surface area contributed by atoms with Crippen molar-refractivity contribution in [2.45, 2.75) is 39.3 Å². The number of furan rings is 1. The van der Waals surface area contributed by atoms with Crippen LogP contribution in [0, 0.1) is 0 Å². The highest BCUT2D eigenvalue weighted by molar-refractivity contribution is 9.10. The molecule has 0 fully saturated rings. The molecule has 1 aromatic carbocycles. The molecule has 0 spiro atoms. The molecule has 0 saturated heterocycles. The fourth-order valence-electron chi connectivity index (χ4n) is 2.12. The van der Waals surface area contributed by atoms with E-state index < -0.39 is 0 Å². The van der Waals surface area contributed by atoms with Crippen LogP contribution in [-0.4, -0.2) is 0 Å². The lowest BCUT2D eigenvalue weighted by Crippen LogP contribution is -2.19. The summed E-state index contributed by atoms with van der Waals surface area (Å²) in [4.78, 5) is 0. The highest BCUT2D eigenvalue weighted by Crippen LogP contribution is 2.20. The van der Waals surface area contributed by atoms with E-state index >= 15 is 0 Å². The summed E-state index contributed by atoms with van der Waals surface area (Å²) >= 11 is 3.47. The highest BCUT2D eigenvalue weighted by atomic mass is 79.9. The van der Waals surface area contributed by atoms with Crippen LogP contribution < -0.4 is 5.32 Å². The summed E-state index contributed by atoms with van der Waals surface area (Å²) in [5.41, 5.74) is 1.31. The van der Waals surface area contributed by atoms with Crippen molar-refractivity contribution in [3.63, 3.8) is 0 Å². The molecule has 2 nitrogen and oxygen atoms in total. The van der Waals surface area contributed by atoms with Gasteiger partial charge in [0.2, 0.25) is 0 Å². The third-order valence-electron chi connectivity index (χ3n) is 3.27. The summed E-state index contributed by atoms with van der Waals surface area (Å²) in [5.74, 6) is 2.06. The molecule has 1 N–H and O–H groups in total. The Morgan fingerprint density at radius 3 is 2.32 bits per heavy atom. The van der Waals surface area contributed by atoms with Crippen LogP contribution >= 0.6 is 15.9 Å². The zero-order valence-corrected chi connectivity index (χ0v) is 13.0. The molecule has 1 heterocycles. The van der Waals surface area contributed by atoms with Gasteiger partial charge in [-0.15, -0.1) is 0 Å². The van der Waals surface area contributed by atoms with Crippen LogP contribution in [0.3, 0.4) is 0 Å². The van der Waals surface area contributed by atoms with Gasteiger partial charge in [0.15, 0.2) is 0 Å². The first kappa shape index (κ1) is 14.4. The van der Waals surface area contributed by atoms with Gasteiger partial charge in [0, 0.05) is 16.9 Å². The predicted molar refractivity (Wildman–Crippen MR) is 82.1 cm³/mol. The fraction of sp³-hybridized carbons (Fsp3) is 0.375. The third kappa shape index (κ3) is 3.95. The van der Waals surface area contributed by atoms with Gasteiger partial charge in [0.25, 0.3) is 0 Å². The van der Waals surface area contributed by atoms with Crippen LogP contribution in [0.25, 0.3) is 0 Å². The third-order valence-corrected chi connectivity index (χ3v) is 3.80. The second kappa shape index (κ2) is 6.92. The van der Waals surface area contributed by atoms with E-state index in [1.54, 1.807) is 0 Å². The van der Waals surface area contributed by atoms with E-state index in [-0.39, 0.29) is 0 Å². The number of benzene rings is 1. The average molecular weight is 322 g/mol. The van der Waals surface area contributed by atoms with Crippen LogP contribution in [0.2, 0.25) is 0 Å². The van der Waals surface area contributed by atoms with Gasteiger partial charge >= 0.3 is 0 Å². The first-order valence-corrected chi connectivity index (χ1v) is 7.58. The van der Waals surface area contributed by atoms with E-state index in [4.69, 9.17) is 4.42 Å². The Morgan fingerprint density at radius 2 is 1.74 bits per heavy atom. The van der Waals surface area contributed by atoms with Crippen LogP contribution in [0.5, 0.6) is 0 Å². The van der Waals surface area contributed by atoms with Crippen LogP contribution in [-0.2, 0) is 13.0 Å². The average Bonchev–Trinajstić information content (AvgIpc) is 2.89. The Kier molecular flexibility index (Phi) is 5.23. The maximum absolute atomic E-state index is 5.71. The zero-order valence-electron chi connectivity index (χ0n) is 11.4. The van der Waals surface area contributed by atoms with E-state index in [0.717, 1.165) is 35.4 Å². The molecule has 0 aliphatic carbocycles. The Morgan fingerprint density at radius 1 is 1.05 bits per heavy atom. The Hall–Kier alpha value is -1.06. The maximum Gasteiger partial charge on any atom is 0.117 e. The second-order valence-corrected chi connectivity index (χ2v) is 5.53. The summed E-state index contributed by atoms with van der Waals surface area (Å²) in [6.07, 6.45) is 2.01. The molecule has 0 aliphatic heterocycles. The van der Waals surface area contributed by atoms with Crippen molar-refractivity contribution in [3.8, 4) is 0 Å². The maximum atomic E-state index is 5.71. The minimum atomic E-state index is 0.364. The quantitative estimate of drug-likeness (QED) is 0.823. The Bertz CT molecular complexity index is 504. The molecule has 0 amide bonds. The van der Waals surface area contributed by atoms with Crippen molar-refractivity contribution in [1.82, 2.24) is 5.32 Å². The summed E-state index contributed by atoms with van der Waals surface area (Å²) < 4.78 is 6.83. The number of halogens is 1. The van der Waals surface area contributed by atoms with Crippen molar-refractivity contribution < 1.29 is 4.42 Å². The molecule has 0 radical (unpaired) electrons. The summed E-state index contributed by atoms with van der Waals surface area (Å²) in [5, 5.41) is 3.55. The summed E-state index contributed by atoms with van der Waals surface area (Å²) in [6, 6.07) is 13.0. The van der Waals surface area contributed by atoms with Gasteiger partial charge in [-0.3, -0.25) is 0 Å². The van der Waals surface area contributed by atoms with Gasteiger partial charge in [0.05, 0.1) is 6.54 Å². The number of rotatable bonds is 6. The number of hydrogen-bond donors (Lipinski definition) is 1. The second-order valence-electron chi connectivity index (χ2n) is 4.61. The first-order valence-electron chi connectivity index (χ1n) is 6.79. The van der Waals surface area contributed by atoms with Gasteiger partial charge in [0.1, 0.15) is 11.5 Å². The number of hydrogen-bond acceptors (Lipinski definition) is 2. The lowest BCUT2D eigenvalue weighted by Gasteiger charge is -2.16. The number of nitrogens with one attached hydrogen (secondary N) is 1. The minimum absolute atomic E-state index is 0.364. The van der Waals surface area contributed by atoms with Gasteiger partial charge < -0.3 is 9.73 Å². The normalized spacial score (nSPS) is 12.6. The zero-order chi connectivity index (χ0) is 13.7. The molecular formula is C16H20BrNO. The van der Waals surface area contributed by atoms with Crippen LogP contribution in [0.1, 0.15) is 43.4 Å².